The fourth-order valence-corrected chi connectivity index (χ4v) is 4.91. The average Bonchev–Trinajstić information content (AvgIpc) is 2.95. The molecule has 196 valence electrons. The van der Waals surface area contributed by atoms with E-state index in [9.17, 15) is 0 Å². The van der Waals surface area contributed by atoms with Crippen molar-refractivity contribution >= 4 is 11.8 Å². The molecule has 1 heteroatoms. The number of hydrogen-bond acceptors (Lipinski definition) is 1. The zero-order chi connectivity index (χ0) is 27.5. The number of nitrogens with one attached hydrogen (secondary N) is 1. The maximum absolute atomic E-state index is 3.59. The van der Waals surface area contributed by atoms with Crippen molar-refractivity contribution in [3.63, 3.8) is 0 Å². The van der Waals surface area contributed by atoms with Crippen LogP contribution in [0.25, 0.3) is 28.3 Å². The summed E-state index contributed by atoms with van der Waals surface area (Å²) in [5, 5.41) is 3.59. The Morgan fingerprint density at radius 1 is 0.718 bits per heavy atom. The summed E-state index contributed by atoms with van der Waals surface area (Å²) >= 11 is 0. The first-order valence-corrected chi connectivity index (χ1v) is 13.8. The van der Waals surface area contributed by atoms with Crippen molar-refractivity contribution in [1.29, 1.82) is 0 Å². The first-order chi connectivity index (χ1) is 19.1. The summed E-state index contributed by atoms with van der Waals surface area (Å²) < 4.78 is 0. The van der Waals surface area contributed by atoms with Crippen LogP contribution in [-0.4, -0.2) is 0 Å². The minimum absolute atomic E-state index is 1.00. The molecule has 0 spiro atoms. The number of benzene rings is 3. The molecular weight excluding hydrogens is 470 g/mol. The number of allylic oxidation sites excluding steroid dienone is 12. The molecule has 0 aromatic heterocycles. The molecule has 0 bridgehead atoms. The quantitative estimate of drug-likeness (QED) is 0.346. The van der Waals surface area contributed by atoms with Crippen LogP contribution in [0.1, 0.15) is 43.4 Å². The van der Waals surface area contributed by atoms with E-state index in [1.54, 1.807) is 0 Å². The minimum atomic E-state index is 1.00. The largest absolute Gasteiger partial charge is 0.361 e. The SMILES string of the molecule is C\C=C/C(=C\C)C1=C/C=C\CC/C=C/C=C/c2cc(-c3ccccc3C)c(C)cc2-c2ccccc2N\C=C\1. The van der Waals surface area contributed by atoms with Gasteiger partial charge in [0.2, 0.25) is 0 Å². The Labute approximate surface area is 235 Å². The van der Waals surface area contributed by atoms with Crippen LogP contribution < -0.4 is 5.32 Å². The number of hydrogen-bond donors (Lipinski definition) is 1. The van der Waals surface area contributed by atoms with Crippen LogP contribution in [0.4, 0.5) is 5.69 Å². The van der Waals surface area contributed by atoms with Gasteiger partial charge in [0.1, 0.15) is 0 Å². The molecule has 0 fully saturated rings. The summed E-state index contributed by atoms with van der Waals surface area (Å²) in [6.45, 7) is 8.54. The molecule has 0 amide bonds. The number of rotatable bonds is 3. The Morgan fingerprint density at radius 2 is 1.46 bits per heavy atom. The van der Waals surface area contributed by atoms with Gasteiger partial charge in [0.25, 0.3) is 0 Å². The fraction of sp³-hybridized carbons (Fsp3) is 0.158. The lowest BCUT2D eigenvalue weighted by molar-refractivity contribution is 1.05. The summed E-state index contributed by atoms with van der Waals surface area (Å²) in [7, 11) is 0. The molecule has 0 unspecified atom stereocenters. The van der Waals surface area contributed by atoms with Crippen LogP contribution >= 0.6 is 0 Å². The van der Waals surface area contributed by atoms with Crippen molar-refractivity contribution in [2.24, 2.45) is 0 Å². The average molecular weight is 510 g/mol. The molecule has 0 aliphatic carbocycles. The van der Waals surface area contributed by atoms with E-state index in [0.717, 1.165) is 24.1 Å². The van der Waals surface area contributed by atoms with Crippen LogP contribution in [0.2, 0.25) is 0 Å². The molecule has 0 radical (unpaired) electrons. The van der Waals surface area contributed by atoms with E-state index in [1.807, 2.05) is 0 Å². The van der Waals surface area contributed by atoms with Crippen LogP contribution in [-0.2, 0) is 0 Å². The third-order valence-corrected chi connectivity index (χ3v) is 6.98. The molecule has 1 heterocycles. The summed E-state index contributed by atoms with van der Waals surface area (Å²) in [6.07, 6.45) is 28.0. The number of aryl methyl sites for hydroxylation is 2. The highest BCUT2D eigenvalue weighted by Crippen LogP contribution is 2.37. The van der Waals surface area contributed by atoms with Gasteiger partial charge in [-0.1, -0.05) is 109 Å². The van der Waals surface area contributed by atoms with Crippen molar-refractivity contribution < 1.29 is 0 Å². The van der Waals surface area contributed by atoms with Gasteiger partial charge in [-0.25, -0.2) is 0 Å². The monoisotopic (exact) mass is 509 g/mol. The van der Waals surface area contributed by atoms with E-state index < -0.39 is 0 Å². The van der Waals surface area contributed by atoms with E-state index in [0.29, 0.717) is 0 Å². The second-order valence-corrected chi connectivity index (χ2v) is 9.75. The molecule has 1 aliphatic heterocycles. The summed E-state index contributed by atoms with van der Waals surface area (Å²) in [6, 6.07) is 21.9. The van der Waals surface area contributed by atoms with Crippen LogP contribution in [0.15, 0.2) is 139 Å². The van der Waals surface area contributed by atoms with E-state index in [4.69, 9.17) is 0 Å². The summed E-state index contributed by atoms with van der Waals surface area (Å²) in [5.74, 6) is 0. The highest BCUT2D eigenvalue weighted by Gasteiger charge is 2.13. The molecule has 1 nitrogen and oxygen atoms in total. The number of fused-ring (bicyclic) bond motifs is 3. The highest BCUT2D eigenvalue weighted by molar-refractivity contribution is 5.88. The molecule has 0 saturated carbocycles. The van der Waals surface area contributed by atoms with Gasteiger partial charge in [-0.2, -0.15) is 0 Å². The second-order valence-electron chi connectivity index (χ2n) is 9.75. The molecule has 4 rings (SSSR count). The topological polar surface area (TPSA) is 12.0 Å². The highest BCUT2D eigenvalue weighted by atomic mass is 14.8. The first-order valence-electron chi connectivity index (χ1n) is 13.8. The maximum atomic E-state index is 3.59. The number of anilines is 1. The predicted octanol–water partition coefficient (Wildman–Crippen LogP) is 10.9. The normalized spacial score (nSPS) is 19.1. The van der Waals surface area contributed by atoms with Gasteiger partial charge in [0.15, 0.2) is 0 Å². The van der Waals surface area contributed by atoms with Gasteiger partial charge in [-0.15, -0.1) is 0 Å². The third-order valence-electron chi connectivity index (χ3n) is 6.98. The van der Waals surface area contributed by atoms with Crippen molar-refractivity contribution in [3.8, 4) is 22.3 Å². The van der Waals surface area contributed by atoms with Gasteiger partial charge in [-0.3, -0.25) is 0 Å². The van der Waals surface area contributed by atoms with E-state index in [-0.39, 0.29) is 0 Å². The Bertz CT molecular complexity index is 1500. The molecule has 0 atom stereocenters. The first kappa shape index (κ1) is 27.7. The molecule has 39 heavy (non-hydrogen) atoms. The van der Waals surface area contributed by atoms with E-state index in [1.165, 1.54) is 44.5 Å². The minimum Gasteiger partial charge on any atom is -0.361 e. The summed E-state index contributed by atoms with van der Waals surface area (Å²) in [5.41, 5.74) is 12.2. The Hall–Kier alpha value is -4.36. The third kappa shape index (κ3) is 7.15. The fourth-order valence-electron chi connectivity index (χ4n) is 4.91. The molecule has 1 N–H and O–H groups in total. The Balaban J connectivity index is 1.85. The van der Waals surface area contributed by atoms with Crippen LogP contribution in [0.5, 0.6) is 0 Å². The molecular formula is C38H39N. The van der Waals surface area contributed by atoms with Crippen molar-refractivity contribution in [2.45, 2.75) is 40.5 Å². The zero-order valence-electron chi connectivity index (χ0n) is 23.6. The van der Waals surface area contributed by atoms with Crippen LogP contribution in [0, 0.1) is 13.8 Å². The van der Waals surface area contributed by atoms with Crippen molar-refractivity contribution in [2.75, 3.05) is 5.32 Å². The lowest BCUT2D eigenvalue weighted by atomic mass is 9.89. The predicted molar refractivity (Wildman–Crippen MR) is 173 cm³/mol. The van der Waals surface area contributed by atoms with Gasteiger partial charge in [0.05, 0.1) is 0 Å². The van der Waals surface area contributed by atoms with Crippen LogP contribution in [0.3, 0.4) is 0 Å². The van der Waals surface area contributed by atoms with Gasteiger partial charge < -0.3 is 5.32 Å². The Morgan fingerprint density at radius 3 is 2.23 bits per heavy atom. The van der Waals surface area contributed by atoms with E-state index >= 15 is 0 Å². The lowest BCUT2D eigenvalue weighted by Crippen LogP contribution is -1.96. The molecule has 0 saturated heterocycles. The van der Waals surface area contributed by atoms with Crippen molar-refractivity contribution in [1.82, 2.24) is 0 Å². The van der Waals surface area contributed by atoms with E-state index in [2.05, 4.69) is 167 Å². The Kier molecular flexibility index (Phi) is 9.92. The standard InChI is InChI=1S/C38H39N/c1-5-18-31(6-2)32-20-12-10-8-7-9-11-13-21-33-28-36(34-22-15-14-19-29(34)3)30(4)27-37(33)35-23-16-17-24-38(35)39-26-25-32/h5-6,9-28,39H,7-8H2,1-4H3/b11-9+,12-10-,18-5-,21-13+,26-25+,31-6+,32-20+. The summed E-state index contributed by atoms with van der Waals surface area (Å²) in [4.78, 5) is 0. The zero-order valence-corrected chi connectivity index (χ0v) is 23.6. The molecule has 3 aromatic rings. The number of para-hydroxylation sites is 1. The lowest BCUT2D eigenvalue weighted by Gasteiger charge is -2.17. The van der Waals surface area contributed by atoms with Gasteiger partial charge in [0, 0.05) is 17.5 Å². The van der Waals surface area contributed by atoms with Crippen molar-refractivity contribution in [3.05, 3.63) is 155 Å². The molecule has 1 aliphatic rings. The smallest absolute Gasteiger partial charge is 0.0459 e. The van der Waals surface area contributed by atoms with Gasteiger partial charge in [-0.05, 0) is 103 Å². The molecule has 3 aromatic carbocycles. The second kappa shape index (κ2) is 14.0. The maximum Gasteiger partial charge on any atom is 0.0459 e. The van der Waals surface area contributed by atoms with Gasteiger partial charge >= 0.3 is 0 Å².